The molecule has 0 aliphatic rings. The number of aromatic nitrogens is 2. The first kappa shape index (κ1) is 14.7. The zero-order valence-corrected chi connectivity index (χ0v) is 11.6. The fraction of sp³-hybridized carbons (Fsp3) is 0.692. The average molecular weight is 253 g/mol. The molecule has 0 radical (unpaired) electrons. The lowest BCUT2D eigenvalue weighted by Crippen LogP contribution is -2.40. The van der Waals surface area contributed by atoms with E-state index >= 15 is 0 Å². The van der Waals surface area contributed by atoms with Crippen molar-refractivity contribution in [3.05, 3.63) is 18.0 Å². The van der Waals surface area contributed by atoms with Gasteiger partial charge in [0, 0.05) is 24.2 Å². The number of nitrogens with two attached hydrogens (primary N) is 1. The maximum Gasteiger partial charge on any atom is 0.306 e. The van der Waals surface area contributed by atoms with Crippen LogP contribution in [0.4, 0.5) is 0 Å². The Hall–Kier alpha value is -1.36. The van der Waals surface area contributed by atoms with E-state index in [1.807, 2.05) is 24.7 Å². The topological polar surface area (TPSA) is 70.1 Å². The van der Waals surface area contributed by atoms with Crippen molar-refractivity contribution in [1.29, 1.82) is 0 Å². The summed E-state index contributed by atoms with van der Waals surface area (Å²) in [5, 5.41) is 4.28. The SMILES string of the molecule is CCCn1cc(C(CC(=O)OC)C(C)(C)N)cn1. The zero-order valence-electron chi connectivity index (χ0n) is 11.6. The van der Waals surface area contributed by atoms with Crippen LogP contribution in [0.15, 0.2) is 12.4 Å². The highest BCUT2D eigenvalue weighted by Gasteiger charge is 2.30. The fourth-order valence-corrected chi connectivity index (χ4v) is 1.97. The molecule has 1 unspecified atom stereocenters. The summed E-state index contributed by atoms with van der Waals surface area (Å²) in [4.78, 5) is 11.5. The Labute approximate surface area is 108 Å². The van der Waals surface area contributed by atoms with Gasteiger partial charge in [0.2, 0.25) is 0 Å². The second-order valence-corrected chi connectivity index (χ2v) is 5.19. The summed E-state index contributed by atoms with van der Waals surface area (Å²) in [6.45, 7) is 6.80. The van der Waals surface area contributed by atoms with E-state index in [1.165, 1.54) is 7.11 Å². The molecule has 102 valence electrons. The van der Waals surface area contributed by atoms with Crippen LogP contribution >= 0.6 is 0 Å². The molecule has 5 heteroatoms. The van der Waals surface area contributed by atoms with E-state index < -0.39 is 5.54 Å². The number of methoxy groups -OCH3 is 1. The van der Waals surface area contributed by atoms with Gasteiger partial charge in [-0.2, -0.15) is 5.10 Å². The Morgan fingerprint density at radius 1 is 1.61 bits per heavy atom. The second-order valence-electron chi connectivity index (χ2n) is 5.19. The third kappa shape index (κ3) is 3.84. The first-order valence-electron chi connectivity index (χ1n) is 6.26. The first-order chi connectivity index (χ1) is 8.38. The largest absolute Gasteiger partial charge is 0.469 e. The summed E-state index contributed by atoms with van der Waals surface area (Å²) >= 11 is 0. The van der Waals surface area contributed by atoms with E-state index in [2.05, 4.69) is 12.0 Å². The van der Waals surface area contributed by atoms with E-state index in [-0.39, 0.29) is 18.3 Å². The normalized spacial score (nSPS) is 13.4. The molecule has 0 aromatic carbocycles. The van der Waals surface area contributed by atoms with Gasteiger partial charge in [-0.25, -0.2) is 0 Å². The highest BCUT2D eigenvalue weighted by atomic mass is 16.5. The van der Waals surface area contributed by atoms with Gasteiger partial charge in [-0.1, -0.05) is 6.92 Å². The van der Waals surface area contributed by atoms with Gasteiger partial charge in [-0.15, -0.1) is 0 Å². The Morgan fingerprint density at radius 3 is 2.78 bits per heavy atom. The van der Waals surface area contributed by atoms with Crippen LogP contribution in [-0.4, -0.2) is 28.4 Å². The van der Waals surface area contributed by atoms with Gasteiger partial charge in [-0.3, -0.25) is 9.48 Å². The van der Waals surface area contributed by atoms with Crippen LogP contribution in [0.25, 0.3) is 0 Å². The predicted molar refractivity (Wildman–Crippen MR) is 70.2 cm³/mol. The predicted octanol–water partition coefficient (Wildman–Crippen LogP) is 1.68. The van der Waals surface area contributed by atoms with Crippen LogP contribution in [0.5, 0.6) is 0 Å². The van der Waals surface area contributed by atoms with Gasteiger partial charge in [0.15, 0.2) is 0 Å². The van der Waals surface area contributed by atoms with Gasteiger partial charge in [0.1, 0.15) is 0 Å². The number of aryl methyl sites for hydroxylation is 1. The highest BCUT2D eigenvalue weighted by Crippen LogP contribution is 2.29. The Balaban J connectivity index is 2.91. The van der Waals surface area contributed by atoms with E-state index in [0.717, 1.165) is 18.5 Å². The fourth-order valence-electron chi connectivity index (χ4n) is 1.97. The number of nitrogens with zero attached hydrogens (tertiary/aromatic N) is 2. The van der Waals surface area contributed by atoms with Gasteiger partial charge in [0.25, 0.3) is 0 Å². The Morgan fingerprint density at radius 2 is 2.28 bits per heavy atom. The number of rotatable bonds is 6. The van der Waals surface area contributed by atoms with E-state index in [4.69, 9.17) is 10.5 Å². The number of ether oxygens (including phenoxy) is 1. The van der Waals surface area contributed by atoms with Crippen LogP contribution in [-0.2, 0) is 16.1 Å². The van der Waals surface area contributed by atoms with Crippen molar-refractivity contribution in [2.45, 2.75) is 51.6 Å². The highest BCUT2D eigenvalue weighted by molar-refractivity contribution is 5.70. The lowest BCUT2D eigenvalue weighted by atomic mass is 9.82. The number of esters is 1. The van der Waals surface area contributed by atoms with Gasteiger partial charge >= 0.3 is 5.97 Å². The van der Waals surface area contributed by atoms with E-state index in [1.54, 1.807) is 6.20 Å². The molecule has 1 atom stereocenters. The molecule has 0 fully saturated rings. The van der Waals surface area contributed by atoms with Gasteiger partial charge in [0.05, 0.1) is 19.7 Å². The van der Waals surface area contributed by atoms with Crippen LogP contribution < -0.4 is 5.73 Å². The number of hydrogen-bond acceptors (Lipinski definition) is 4. The summed E-state index contributed by atoms with van der Waals surface area (Å²) in [7, 11) is 1.39. The standard InChI is InChI=1S/C13H23N3O2/c1-5-6-16-9-10(8-15-16)11(13(2,3)14)7-12(17)18-4/h8-9,11H,5-7,14H2,1-4H3. The van der Waals surface area contributed by atoms with Crippen LogP contribution in [0.3, 0.4) is 0 Å². The molecule has 0 saturated heterocycles. The van der Waals surface area contributed by atoms with Gasteiger partial charge in [-0.05, 0) is 25.8 Å². The first-order valence-corrected chi connectivity index (χ1v) is 6.26. The maximum absolute atomic E-state index is 11.5. The monoisotopic (exact) mass is 253 g/mol. The second kappa shape index (κ2) is 6.00. The smallest absolute Gasteiger partial charge is 0.306 e. The van der Waals surface area contributed by atoms with Gasteiger partial charge < -0.3 is 10.5 Å². The summed E-state index contributed by atoms with van der Waals surface area (Å²) < 4.78 is 6.61. The molecule has 1 aromatic rings. The maximum atomic E-state index is 11.5. The van der Waals surface area contributed by atoms with Crippen LogP contribution in [0.2, 0.25) is 0 Å². The van der Waals surface area contributed by atoms with Crippen molar-refractivity contribution in [2.24, 2.45) is 5.73 Å². The molecule has 18 heavy (non-hydrogen) atoms. The lowest BCUT2D eigenvalue weighted by Gasteiger charge is -2.29. The Kier molecular flexibility index (Phi) is 4.90. The average Bonchev–Trinajstić information content (AvgIpc) is 2.72. The summed E-state index contributed by atoms with van der Waals surface area (Å²) in [6.07, 6.45) is 5.05. The quantitative estimate of drug-likeness (QED) is 0.783. The van der Waals surface area contributed by atoms with Crippen LogP contribution in [0, 0.1) is 0 Å². The molecule has 1 rings (SSSR count). The minimum atomic E-state index is -0.492. The van der Waals surface area contributed by atoms with Crippen molar-refractivity contribution in [3.63, 3.8) is 0 Å². The number of carbonyl (C=O) groups excluding carboxylic acids is 1. The summed E-state index contributed by atoms with van der Waals surface area (Å²) in [5.74, 6) is -0.336. The molecule has 1 heterocycles. The zero-order chi connectivity index (χ0) is 13.8. The number of hydrogen-bond donors (Lipinski definition) is 1. The third-order valence-electron chi connectivity index (χ3n) is 3.00. The molecule has 1 aromatic heterocycles. The molecular formula is C13H23N3O2. The molecule has 0 aliphatic heterocycles. The van der Waals surface area contributed by atoms with E-state index in [0.29, 0.717) is 0 Å². The minimum absolute atomic E-state index is 0.0874. The molecule has 0 spiro atoms. The molecular weight excluding hydrogens is 230 g/mol. The lowest BCUT2D eigenvalue weighted by molar-refractivity contribution is -0.141. The van der Waals surface area contributed by atoms with Crippen molar-refractivity contribution < 1.29 is 9.53 Å². The molecule has 0 saturated carbocycles. The van der Waals surface area contributed by atoms with Crippen molar-refractivity contribution in [2.75, 3.05) is 7.11 Å². The van der Waals surface area contributed by atoms with Crippen molar-refractivity contribution in [1.82, 2.24) is 9.78 Å². The molecule has 5 nitrogen and oxygen atoms in total. The number of carbonyl (C=O) groups is 1. The summed E-state index contributed by atoms with van der Waals surface area (Å²) in [6, 6.07) is 0. The summed E-state index contributed by atoms with van der Waals surface area (Å²) in [5.41, 5.74) is 6.65. The van der Waals surface area contributed by atoms with Crippen LogP contribution in [0.1, 0.15) is 45.1 Å². The minimum Gasteiger partial charge on any atom is -0.469 e. The van der Waals surface area contributed by atoms with Crippen molar-refractivity contribution in [3.8, 4) is 0 Å². The molecule has 0 aliphatic carbocycles. The third-order valence-corrected chi connectivity index (χ3v) is 3.00. The molecule has 2 N–H and O–H groups in total. The van der Waals surface area contributed by atoms with E-state index in [9.17, 15) is 4.79 Å². The van der Waals surface area contributed by atoms with Crippen molar-refractivity contribution >= 4 is 5.97 Å². The Bertz CT molecular complexity index is 393. The molecule has 0 amide bonds. The molecule has 0 bridgehead atoms.